The average molecular weight is 306 g/mol. The van der Waals surface area contributed by atoms with Crippen molar-refractivity contribution in [2.45, 2.75) is 50.9 Å². The van der Waals surface area contributed by atoms with Crippen LogP contribution < -0.4 is 10.6 Å². The number of rotatable bonds is 10. The summed E-state index contributed by atoms with van der Waals surface area (Å²) in [6.07, 6.45) is 0.548. The fourth-order valence-corrected chi connectivity index (χ4v) is 4.98. The van der Waals surface area contributed by atoms with E-state index in [2.05, 4.69) is 10.6 Å². The Balaban J connectivity index is 4.38. The van der Waals surface area contributed by atoms with Crippen LogP contribution in [0, 0.1) is 0 Å². The van der Waals surface area contributed by atoms with Crippen LogP contribution in [-0.4, -0.2) is 48.2 Å². The third-order valence-corrected chi connectivity index (χ3v) is 6.29. The highest BCUT2D eigenvalue weighted by molar-refractivity contribution is 8.77. The van der Waals surface area contributed by atoms with Crippen LogP contribution in [0.2, 0.25) is 0 Å². The molecule has 0 fully saturated rings. The summed E-state index contributed by atoms with van der Waals surface area (Å²) in [7, 11) is 6.90. The van der Waals surface area contributed by atoms with Crippen LogP contribution in [0.5, 0.6) is 0 Å². The van der Waals surface area contributed by atoms with Crippen molar-refractivity contribution >= 4 is 33.2 Å². The highest BCUT2D eigenvalue weighted by Crippen LogP contribution is 2.38. The van der Waals surface area contributed by atoms with Crippen LogP contribution in [0.15, 0.2) is 0 Å². The molecule has 2 N–H and O–H groups in total. The third kappa shape index (κ3) is 6.29. The Morgan fingerprint density at radius 2 is 1.79 bits per heavy atom. The number of nitrogens with one attached hydrogen (secondary N) is 2. The molecule has 0 radical (unpaired) electrons. The minimum absolute atomic E-state index is 0.108. The quantitative estimate of drug-likeness (QED) is 0.601. The van der Waals surface area contributed by atoms with Gasteiger partial charge < -0.3 is 10.6 Å². The first-order chi connectivity index (χ1) is 8.80. The summed E-state index contributed by atoms with van der Waals surface area (Å²) in [5.41, 5.74) is 0. The van der Waals surface area contributed by atoms with Crippen molar-refractivity contribution in [3.05, 3.63) is 0 Å². The molecule has 19 heavy (non-hydrogen) atoms. The van der Waals surface area contributed by atoms with Crippen molar-refractivity contribution < 1.29 is 9.59 Å². The van der Waals surface area contributed by atoms with Gasteiger partial charge in [-0.15, -0.1) is 0 Å². The number of likely N-dealkylation sites (N-methyl/N-ethyl adjacent to an activating group) is 2. The van der Waals surface area contributed by atoms with Gasteiger partial charge in [0.2, 0.25) is 0 Å². The lowest BCUT2D eigenvalue weighted by Gasteiger charge is -2.31. The Labute approximate surface area is 124 Å². The highest BCUT2D eigenvalue weighted by Gasteiger charge is 2.33. The van der Waals surface area contributed by atoms with E-state index in [9.17, 15) is 9.59 Å². The molecule has 0 heterocycles. The van der Waals surface area contributed by atoms with Gasteiger partial charge in [-0.2, -0.15) is 0 Å². The molecule has 0 amide bonds. The number of Topliss-reactive ketones (excluding diaryl/α,β-unsaturated/α-hetero) is 2. The molecule has 4 nitrogen and oxygen atoms in total. The summed E-state index contributed by atoms with van der Waals surface area (Å²) in [6, 6.07) is -0.288. The number of carbonyl (C=O) groups excluding carboxylic acids is 2. The van der Waals surface area contributed by atoms with Crippen molar-refractivity contribution in [1.82, 2.24) is 10.6 Å². The predicted octanol–water partition coefficient (Wildman–Crippen LogP) is 1.89. The number of ketones is 2. The highest BCUT2D eigenvalue weighted by atomic mass is 33.1. The van der Waals surface area contributed by atoms with E-state index in [0.29, 0.717) is 12.2 Å². The van der Waals surface area contributed by atoms with Crippen LogP contribution in [-0.2, 0) is 9.59 Å². The van der Waals surface area contributed by atoms with Crippen molar-refractivity contribution in [1.29, 1.82) is 0 Å². The topological polar surface area (TPSA) is 58.2 Å². The van der Waals surface area contributed by atoms with Crippen LogP contribution >= 0.6 is 21.6 Å². The van der Waals surface area contributed by atoms with Crippen LogP contribution in [0.4, 0.5) is 0 Å². The molecular formula is C13H26N2O2S2. The molecule has 0 aliphatic rings. The molecule has 0 aromatic carbocycles. The molecule has 0 aliphatic carbocycles. The van der Waals surface area contributed by atoms with Gasteiger partial charge in [0.15, 0.2) is 0 Å². The van der Waals surface area contributed by atoms with Gasteiger partial charge in [-0.25, -0.2) is 0 Å². The largest absolute Gasteiger partial charge is 0.310 e. The first-order valence-corrected chi connectivity index (χ1v) is 8.80. The van der Waals surface area contributed by atoms with Gasteiger partial charge in [0.1, 0.15) is 11.6 Å². The second kappa shape index (κ2) is 9.00. The van der Waals surface area contributed by atoms with Gasteiger partial charge in [0.25, 0.3) is 0 Å². The first kappa shape index (κ1) is 19.0. The zero-order valence-electron chi connectivity index (χ0n) is 12.7. The molecule has 6 heteroatoms. The molecule has 0 aromatic heterocycles. The lowest BCUT2D eigenvalue weighted by Crippen LogP contribution is -2.47. The predicted molar refractivity (Wildman–Crippen MR) is 85.8 cm³/mol. The third-order valence-electron chi connectivity index (χ3n) is 2.98. The molecule has 2 atom stereocenters. The molecule has 0 rings (SSSR count). The SMILES string of the molecule is CCC(=O)[C@H](CSSC(C)(C)C(NC)C(C)=O)NC. The van der Waals surface area contributed by atoms with Gasteiger partial charge in [0.05, 0.1) is 12.1 Å². The molecular weight excluding hydrogens is 280 g/mol. The Morgan fingerprint density at radius 1 is 1.21 bits per heavy atom. The smallest absolute Gasteiger partial charge is 0.150 e. The van der Waals surface area contributed by atoms with Crippen LogP contribution in [0.1, 0.15) is 34.1 Å². The van der Waals surface area contributed by atoms with E-state index in [-0.39, 0.29) is 28.4 Å². The molecule has 0 saturated heterocycles. The lowest BCUT2D eigenvalue weighted by atomic mass is 10.0. The fourth-order valence-electron chi connectivity index (χ4n) is 1.93. The summed E-state index contributed by atoms with van der Waals surface area (Å²) in [6.45, 7) is 7.57. The normalized spacial score (nSPS) is 15.1. The zero-order valence-corrected chi connectivity index (χ0v) is 14.3. The minimum atomic E-state index is -0.210. The monoisotopic (exact) mass is 306 g/mol. The van der Waals surface area contributed by atoms with Gasteiger partial charge in [0, 0.05) is 16.9 Å². The summed E-state index contributed by atoms with van der Waals surface area (Å²) in [5, 5.41) is 6.10. The van der Waals surface area contributed by atoms with Crippen molar-refractivity contribution in [3.8, 4) is 0 Å². The molecule has 0 bridgehead atoms. The van der Waals surface area contributed by atoms with E-state index in [1.807, 2.05) is 20.8 Å². The second-order valence-electron chi connectivity index (χ2n) is 4.96. The van der Waals surface area contributed by atoms with E-state index in [1.165, 1.54) is 0 Å². The van der Waals surface area contributed by atoms with Gasteiger partial charge in [-0.1, -0.05) is 28.5 Å². The van der Waals surface area contributed by atoms with E-state index < -0.39 is 0 Å². The van der Waals surface area contributed by atoms with Crippen molar-refractivity contribution in [2.75, 3.05) is 19.8 Å². The van der Waals surface area contributed by atoms with Gasteiger partial charge in [-0.05, 0) is 34.9 Å². The second-order valence-corrected chi connectivity index (χ2v) is 7.96. The maximum Gasteiger partial charge on any atom is 0.150 e. The van der Waals surface area contributed by atoms with Crippen LogP contribution in [0.3, 0.4) is 0 Å². The maximum absolute atomic E-state index is 11.6. The maximum atomic E-state index is 11.6. The minimum Gasteiger partial charge on any atom is -0.310 e. The standard InChI is InChI=1S/C13H26N2O2S2/c1-7-11(17)10(14-5)8-18-19-13(3,4)12(15-6)9(2)16/h10,12,14-15H,7-8H2,1-6H3/t10-,12?/m0/s1. The zero-order chi connectivity index (χ0) is 15.1. The molecule has 0 spiro atoms. The summed E-state index contributed by atoms with van der Waals surface area (Å²) in [5.74, 6) is 1.08. The van der Waals surface area contributed by atoms with Gasteiger partial charge in [-0.3, -0.25) is 9.59 Å². The van der Waals surface area contributed by atoms with E-state index in [0.717, 1.165) is 0 Å². The Kier molecular flexibility index (Phi) is 8.98. The van der Waals surface area contributed by atoms with Crippen molar-refractivity contribution in [3.63, 3.8) is 0 Å². The van der Waals surface area contributed by atoms with Crippen molar-refractivity contribution in [2.24, 2.45) is 0 Å². The summed E-state index contributed by atoms with van der Waals surface area (Å²) in [4.78, 5) is 23.2. The van der Waals surface area contributed by atoms with E-state index >= 15 is 0 Å². The Morgan fingerprint density at radius 3 is 2.16 bits per heavy atom. The van der Waals surface area contributed by atoms with Crippen LogP contribution in [0.25, 0.3) is 0 Å². The lowest BCUT2D eigenvalue weighted by molar-refractivity contribution is -0.120. The molecule has 0 aromatic rings. The Bertz CT molecular complexity index is 309. The number of hydrogen-bond acceptors (Lipinski definition) is 6. The average Bonchev–Trinajstić information content (AvgIpc) is 2.33. The van der Waals surface area contributed by atoms with Gasteiger partial charge >= 0.3 is 0 Å². The van der Waals surface area contributed by atoms with E-state index in [4.69, 9.17) is 0 Å². The molecule has 1 unspecified atom stereocenters. The number of hydrogen-bond donors (Lipinski definition) is 2. The summed E-state index contributed by atoms with van der Waals surface area (Å²) >= 11 is 0. The fraction of sp³-hybridized carbons (Fsp3) is 0.846. The summed E-state index contributed by atoms with van der Waals surface area (Å²) < 4.78 is -0.210. The van der Waals surface area contributed by atoms with E-state index in [1.54, 1.807) is 42.6 Å². The molecule has 0 saturated carbocycles. The Hall–Kier alpha value is -0.0400. The molecule has 112 valence electrons. The number of carbonyl (C=O) groups is 2. The molecule has 0 aliphatic heterocycles. The first-order valence-electron chi connectivity index (χ1n) is 6.48.